The van der Waals surface area contributed by atoms with E-state index in [4.69, 9.17) is 5.73 Å². The lowest BCUT2D eigenvalue weighted by Gasteiger charge is -2.19. The maximum absolute atomic E-state index is 12.6. The summed E-state index contributed by atoms with van der Waals surface area (Å²) >= 11 is 0. The number of hydrogen-bond donors (Lipinski definition) is 2. The van der Waals surface area contributed by atoms with E-state index in [0.29, 0.717) is 12.0 Å². The Balaban J connectivity index is 3.18. The fourth-order valence-corrected chi connectivity index (χ4v) is 3.08. The molecule has 0 amide bonds. The van der Waals surface area contributed by atoms with Crippen molar-refractivity contribution in [3.8, 4) is 11.8 Å². The molecule has 1 aromatic carbocycles. The fourth-order valence-electron chi connectivity index (χ4n) is 1.77. The third-order valence-corrected chi connectivity index (χ3v) is 4.93. The van der Waals surface area contributed by atoms with Gasteiger partial charge in [0, 0.05) is 19.2 Å². The highest BCUT2D eigenvalue weighted by Gasteiger charge is 2.23. The summed E-state index contributed by atoms with van der Waals surface area (Å²) in [6.45, 7) is 3.93. The highest BCUT2D eigenvalue weighted by atomic mass is 32.2. The van der Waals surface area contributed by atoms with Crippen molar-refractivity contribution < 1.29 is 13.5 Å². The average Bonchev–Trinajstić information content (AvgIpc) is 2.42. The van der Waals surface area contributed by atoms with E-state index in [0.717, 1.165) is 5.56 Å². The van der Waals surface area contributed by atoms with Crippen molar-refractivity contribution in [3.05, 3.63) is 29.3 Å². The molecule has 0 spiro atoms. The Hall–Kier alpha value is -1.39. The molecule has 0 saturated heterocycles. The minimum atomic E-state index is -3.63. The van der Waals surface area contributed by atoms with Gasteiger partial charge in [-0.2, -0.15) is 0 Å². The van der Waals surface area contributed by atoms with Crippen molar-refractivity contribution in [1.29, 1.82) is 0 Å². The van der Waals surface area contributed by atoms with Gasteiger partial charge in [-0.3, -0.25) is 0 Å². The topological polar surface area (TPSA) is 83.6 Å². The first-order valence-electron chi connectivity index (χ1n) is 6.73. The van der Waals surface area contributed by atoms with Crippen molar-refractivity contribution >= 4 is 10.0 Å². The Morgan fingerprint density at radius 3 is 2.67 bits per heavy atom. The summed E-state index contributed by atoms with van der Waals surface area (Å²) in [4.78, 5) is 0.169. The third kappa shape index (κ3) is 4.83. The van der Waals surface area contributed by atoms with E-state index < -0.39 is 16.1 Å². The minimum Gasteiger partial charge on any atom is -0.393 e. The van der Waals surface area contributed by atoms with Crippen LogP contribution in [0.4, 0.5) is 0 Å². The van der Waals surface area contributed by atoms with E-state index in [2.05, 4.69) is 11.8 Å². The molecule has 1 rings (SSSR count). The number of hydrogen-bond acceptors (Lipinski definition) is 4. The second-order valence-corrected chi connectivity index (χ2v) is 6.98. The second kappa shape index (κ2) is 7.57. The summed E-state index contributed by atoms with van der Waals surface area (Å²) in [7, 11) is -2.14. The van der Waals surface area contributed by atoms with Crippen LogP contribution >= 0.6 is 0 Å². The highest BCUT2D eigenvalue weighted by molar-refractivity contribution is 7.89. The first-order valence-corrected chi connectivity index (χ1v) is 8.17. The molecule has 21 heavy (non-hydrogen) atoms. The summed E-state index contributed by atoms with van der Waals surface area (Å²) in [6, 6.07) is 5.03. The fraction of sp³-hybridized carbons (Fsp3) is 0.467. The van der Waals surface area contributed by atoms with Crippen LogP contribution in [0, 0.1) is 18.8 Å². The number of nitrogens with two attached hydrogens (primary N) is 1. The van der Waals surface area contributed by atoms with Gasteiger partial charge in [0.1, 0.15) is 0 Å². The normalized spacial score (nSPS) is 12.9. The standard InChI is InChI=1S/C15H22N2O3S/c1-12-6-7-15(14(11-12)5-4-9-16)21(19,20)17(3)10-8-13(2)18/h6-7,11,13,18H,8-10,16H2,1-3H3. The lowest BCUT2D eigenvalue weighted by atomic mass is 10.1. The van der Waals surface area contributed by atoms with E-state index in [9.17, 15) is 13.5 Å². The zero-order valence-corrected chi connectivity index (χ0v) is 13.4. The molecule has 0 aliphatic heterocycles. The zero-order chi connectivity index (χ0) is 16.0. The van der Waals surface area contributed by atoms with Gasteiger partial charge in [0.25, 0.3) is 0 Å². The van der Waals surface area contributed by atoms with E-state index in [1.54, 1.807) is 25.1 Å². The van der Waals surface area contributed by atoms with Gasteiger partial charge in [0.15, 0.2) is 0 Å². The van der Waals surface area contributed by atoms with Crippen LogP contribution in [0.15, 0.2) is 23.1 Å². The first-order chi connectivity index (χ1) is 9.78. The monoisotopic (exact) mass is 310 g/mol. The molecule has 1 unspecified atom stereocenters. The molecular formula is C15H22N2O3S. The van der Waals surface area contributed by atoms with Gasteiger partial charge in [-0.05, 0) is 38.0 Å². The molecule has 5 nitrogen and oxygen atoms in total. The number of nitrogens with zero attached hydrogens (tertiary/aromatic N) is 1. The van der Waals surface area contributed by atoms with Gasteiger partial charge < -0.3 is 10.8 Å². The summed E-state index contributed by atoms with van der Waals surface area (Å²) in [5.74, 6) is 5.50. The van der Waals surface area contributed by atoms with Crippen molar-refractivity contribution in [3.63, 3.8) is 0 Å². The van der Waals surface area contributed by atoms with Crippen LogP contribution in [-0.2, 0) is 10.0 Å². The maximum atomic E-state index is 12.6. The number of rotatable bonds is 5. The molecule has 1 aromatic rings. The van der Waals surface area contributed by atoms with Gasteiger partial charge in [0.05, 0.1) is 17.5 Å². The van der Waals surface area contributed by atoms with E-state index in [1.165, 1.54) is 11.4 Å². The molecule has 0 aromatic heterocycles. The molecular weight excluding hydrogens is 288 g/mol. The van der Waals surface area contributed by atoms with Crippen molar-refractivity contribution in [1.82, 2.24) is 4.31 Å². The van der Waals surface area contributed by atoms with Crippen LogP contribution in [0.2, 0.25) is 0 Å². The number of aliphatic hydroxyl groups excluding tert-OH is 1. The van der Waals surface area contributed by atoms with Crippen molar-refractivity contribution in [2.45, 2.75) is 31.3 Å². The highest BCUT2D eigenvalue weighted by Crippen LogP contribution is 2.20. The first kappa shape index (κ1) is 17.7. The minimum absolute atomic E-state index is 0.169. The molecule has 0 aliphatic rings. The van der Waals surface area contributed by atoms with Crippen LogP contribution in [0.25, 0.3) is 0 Å². The number of sulfonamides is 1. The van der Waals surface area contributed by atoms with E-state index in [-0.39, 0.29) is 18.0 Å². The second-order valence-electron chi connectivity index (χ2n) is 4.97. The zero-order valence-electron chi connectivity index (χ0n) is 12.6. The number of aryl methyl sites for hydroxylation is 1. The van der Waals surface area contributed by atoms with Gasteiger partial charge in [0.2, 0.25) is 10.0 Å². The molecule has 3 N–H and O–H groups in total. The quantitative estimate of drug-likeness (QED) is 0.784. The summed E-state index contributed by atoms with van der Waals surface area (Å²) in [6.07, 6.45) is -0.164. The Morgan fingerprint density at radius 2 is 2.10 bits per heavy atom. The van der Waals surface area contributed by atoms with Gasteiger partial charge in [-0.25, -0.2) is 12.7 Å². The van der Waals surface area contributed by atoms with E-state index in [1.807, 2.05) is 6.92 Å². The van der Waals surface area contributed by atoms with Crippen LogP contribution in [0.3, 0.4) is 0 Å². The molecule has 116 valence electrons. The van der Waals surface area contributed by atoms with Crippen LogP contribution < -0.4 is 5.73 Å². The Kier molecular flexibility index (Phi) is 6.37. The van der Waals surface area contributed by atoms with Gasteiger partial charge in [-0.1, -0.05) is 17.9 Å². The molecule has 0 bridgehead atoms. The molecule has 0 saturated carbocycles. The molecule has 0 aliphatic carbocycles. The largest absolute Gasteiger partial charge is 0.393 e. The average molecular weight is 310 g/mol. The van der Waals surface area contributed by atoms with Crippen LogP contribution in [-0.4, -0.2) is 44.1 Å². The predicted octanol–water partition coefficient (Wildman–Crippen LogP) is 0.697. The van der Waals surface area contributed by atoms with Crippen molar-refractivity contribution in [2.24, 2.45) is 5.73 Å². The van der Waals surface area contributed by atoms with Crippen LogP contribution in [0.5, 0.6) is 0 Å². The van der Waals surface area contributed by atoms with Gasteiger partial charge >= 0.3 is 0 Å². The number of benzene rings is 1. The molecule has 1 atom stereocenters. The SMILES string of the molecule is Cc1ccc(S(=O)(=O)N(C)CCC(C)O)c(C#CCN)c1. The van der Waals surface area contributed by atoms with E-state index >= 15 is 0 Å². The summed E-state index contributed by atoms with van der Waals surface area (Å²) < 4.78 is 26.4. The Labute approximate surface area is 126 Å². The lowest BCUT2D eigenvalue weighted by Crippen LogP contribution is -2.30. The van der Waals surface area contributed by atoms with Crippen LogP contribution in [0.1, 0.15) is 24.5 Å². The Morgan fingerprint density at radius 1 is 1.43 bits per heavy atom. The summed E-state index contributed by atoms with van der Waals surface area (Å²) in [5.41, 5.74) is 6.73. The lowest BCUT2D eigenvalue weighted by molar-refractivity contribution is 0.177. The molecule has 0 radical (unpaired) electrons. The smallest absolute Gasteiger partial charge is 0.244 e. The Bertz CT molecular complexity index is 643. The van der Waals surface area contributed by atoms with Gasteiger partial charge in [-0.15, -0.1) is 0 Å². The maximum Gasteiger partial charge on any atom is 0.244 e. The summed E-state index contributed by atoms with van der Waals surface area (Å²) in [5, 5.41) is 9.29. The molecule has 0 heterocycles. The predicted molar refractivity (Wildman–Crippen MR) is 83.2 cm³/mol. The molecule has 0 fully saturated rings. The third-order valence-electron chi connectivity index (χ3n) is 3.01. The molecule has 6 heteroatoms. The van der Waals surface area contributed by atoms with Crippen molar-refractivity contribution in [2.75, 3.05) is 20.1 Å². The number of aliphatic hydroxyl groups is 1.